The van der Waals surface area contributed by atoms with Gasteiger partial charge >= 0.3 is 0 Å². The van der Waals surface area contributed by atoms with E-state index < -0.39 is 0 Å². The predicted octanol–water partition coefficient (Wildman–Crippen LogP) is 3.42. The maximum atomic E-state index is 5.99. The molecule has 2 N–H and O–H groups in total. The summed E-state index contributed by atoms with van der Waals surface area (Å²) in [5.74, 6) is 2.65. The van der Waals surface area contributed by atoms with Gasteiger partial charge in [0.1, 0.15) is 5.75 Å². The molecular weight excluding hydrogens is 318 g/mol. The molecule has 24 heavy (non-hydrogen) atoms. The van der Waals surface area contributed by atoms with Crippen LogP contribution in [0.5, 0.6) is 5.75 Å². The lowest BCUT2D eigenvalue weighted by Gasteiger charge is -2.18. The Hall–Kier alpha value is -1.36. The molecule has 0 aliphatic heterocycles. The highest BCUT2D eigenvalue weighted by Gasteiger charge is 2.24. The minimum Gasteiger partial charge on any atom is -0.493 e. The van der Waals surface area contributed by atoms with Crippen LogP contribution in [0.4, 0.5) is 0 Å². The van der Waals surface area contributed by atoms with Crippen molar-refractivity contribution in [1.29, 1.82) is 0 Å². The normalized spacial score (nSPS) is 24.0. The van der Waals surface area contributed by atoms with Crippen LogP contribution in [0.2, 0.25) is 0 Å². The third-order valence-corrected chi connectivity index (χ3v) is 5.97. The molecule has 0 amide bonds. The first-order valence-electron chi connectivity index (χ1n) is 8.99. The van der Waals surface area contributed by atoms with E-state index >= 15 is 0 Å². The van der Waals surface area contributed by atoms with Gasteiger partial charge in [0.15, 0.2) is 5.96 Å². The lowest BCUT2D eigenvalue weighted by Crippen LogP contribution is -2.42. The van der Waals surface area contributed by atoms with E-state index in [1.807, 2.05) is 24.9 Å². The van der Waals surface area contributed by atoms with E-state index in [1.54, 1.807) is 0 Å². The molecule has 0 heterocycles. The van der Waals surface area contributed by atoms with Crippen LogP contribution in [-0.2, 0) is 6.54 Å². The second-order valence-corrected chi connectivity index (χ2v) is 7.94. The van der Waals surface area contributed by atoms with Crippen molar-refractivity contribution in [3.05, 3.63) is 29.8 Å². The predicted molar refractivity (Wildman–Crippen MR) is 103 cm³/mol. The van der Waals surface area contributed by atoms with E-state index in [2.05, 4.69) is 40.1 Å². The van der Waals surface area contributed by atoms with Crippen molar-refractivity contribution in [2.24, 2.45) is 10.9 Å². The van der Waals surface area contributed by atoms with E-state index in [-0.39, 0.29) is 0 Å². The van der Waals surface area contributed by atoms with E-state index in [0.29, 0.717) is 6.04 Å². The Morgan fingerprint density at radius 2 is 2.08 bits per heavy atom. The zero-order valence-corrected chi connectivity index (χ0v) is 15.6. The molecule has 3 rings (SSSR count). The average molecular weight is 348 g/mol. The number of guanidine groups is 1. The molecule has 2 atom stereocenters. The zero-order valence-electron chi connectivity index (χ0n) is 14.8. The van der Waals surface area contributed by atoms with Gasteiger partial charge in [-0.1, -0.05) is 18.2 Å². The molecule has 5 heteroatoms. The van der Waals surface area contributed by atoms with E-state index in [0.717, 1.165) is 36.0 Å². The summed E-state index contributed by atoms with van der Waals surface area (Å²) in [6.07, 6.45) is 8.59. The zero-order chi connectivity index (χ0) is 16.8. The fourth-order valence-corrected chi connectivity index (χ4v) is 3.93. The van der Waals surface area contributed by atoms with Crippen molar-refractivity contribution in [3.63, 3.8) is 0 Å². The van der Waals surface area contributed by atoms with Crippen LogP contribution in [0, 0.1) is 5.92 Å². The summed E-state index contributed by atoms with van der Waals surface area (Å²) in [6, 6.07) is 8.84. The number of benzene rings is 1. The van der Waals surface area contributed by atoms with E-state index in [4.69, 9.17) is 4.74 Å². The topological polar surface area (TPSA) is 45.7 Å². The van der Waals surface area contributed by atoms with Crippen LogP contribution in [0.1, 0.15) is 37.7 Å². The van der Waals surface area contributed by atoms with Crippen molar-refractivity contribution in [2.45, 2.75) is 49.9 Å². The highest BCUT2D eigenvalue weighted by Crippen LogP contribution is 2.30. The van der Waals surface area contributed by atoms with Crippen molar-refractivity contribution >= 4 is 17.7 Å². The molecule has 1 aromatic carbocycles. The van der Waals surface area contributed by atoms with Gasteiger partial charge in [0.25, 0.3) is 0 Å². The lowest BCUT2D eigenvalue weighted by atomic mass is 10.2. The Kier molecular flexibility index (Phi) is 6.30. The van der Waals surface area contributed by atoms with Crippen molar-refractivity contribution < 1.29 is 4.74 Å². The number of thioether (sulfide) groups is 1. The van der Waals surface area contributed by atoms with Crippen LogP contribution in [-0.4, -0.2) is 37.2 Å². The van der Waals surface area contributed by atoms with Gasteiger partial charge < -0.3 is 15.4 Å². The number of rotatable bonds is 7. The van der Waals surface area contributed by atoms with Crippen LogP contribution < -0.4 is 15.4 Å². The molecule has 2 aliphatic rings. The smallest absolute Gasteiger partial charge is 0.191 e. The van der Waals surface area contributed by atoms with Gasteiger partial charge in [-0.25, -0.2) is 0 Å². The minimum atomic E-state index is 0.537. The largest absolute Gasteiger partial charge is 0.493 e. The molecule has 2 fully saturated rings. The first kappa shape index (κ1) is 17.5. The minimum absolute atomic E-state index is 0.537. The summed E-state index contributed by atoms with van der Waals surface area (Å²) >= 11 is 1.98. The summed E-state index contributed by atoms with van der Waals surface area (Å²) < 4.78 is 5.99. The van der Waals surface area contributed by atoms with Gasteiger partial charge in [-0.2, -0.15) is 11.8 Å². The molecule has 0 spiro atoms. The second kappa shape index (κ2) is 8.65. The van der Waals surface area contributed by atoms with Crippen LogP contribution >= 0.6 is 11.8 Å². The number of nitrogens with one attached hydrogen (secondary N) is 2. The third-order valence-electron chi connectivity index (χ3n) is 4.87. The van der Waals surface area contributed by atoms with Crippen molar-refractivity contribution in [2.75, 3.05) is 19.9 Å². The van der Waals surface area contributed by atoms with Gasteiger partial charge in [0.05, 0.1) is 6.61 Å². The van der Waals surface area contributed by atoms with E-state index in [1.165, 1.54) is 37.7 Å². The number of hydrogen-bond donors (Lipinski definition) is 2. The molecule has 0 radical (unpaired) electrons. The highest BCUT2D eigenvalue weighted by molar-refractivity contribution is 7.99. The molecule has 0 saturated heterocycles. The Morgan fingerprint density at radius 3 is 2.79 bits per heavy atom. The molecular formula is C19H29N3OS. The maximum Gasteiger partial charge on any atom is 0.191 e. The van der Waals surface area contributed by atoms with Gasteiger partial charge in [0.2, 0.25) is 0 Å². The Balaban J connectivity index is 1.50. The van der Waals surface area contributed by atoms with Crippen molar-refractivity contribution in [3.8, 4) is 5.75 Å². The summed E-state index contributed by atoms with van der Waals surface area (Å²) in [7, 11) is 1.84. The Labute approximate surface area is 149 Å². The number of aliphatic imine (C=N–C) groups is 1. The Morgan fingerprint density at radius 1 is 1.25 bits per heavy atom. The monoisotopic (exact) mass is 347 g/mol. The Bertz CT molecular complexity index is 559. The molecule has 2 saturated carbocycles. The first-order valence-corrected chi connectivity index (χ1v) is 10.3. The highest BCUT2D eigenvalue weighted by atomic mass is 32.2. The summed E-state index contributed by atoms with van der Waals surface area (Å²) in [6.45, 7) is 1.58. The number of nitrogens with zero attached hydrogens (tertiary/aromatic N) is 1. The summed E-state index contributed by atoms with van der Waals surface area (Å²) in [5.41, 5.74) is 1.19. The number of ether oxygens (including phenoxy) is 1. The first-order chi connectivity index (χ1) is 11.8. The molecule has 0 bridgehead atoms. The standard InChI is InChI=1S/C19H29N3OS/c1-20-19(22-16-9-10-17(11-16)24-2)21-12-15-5-3-4-6-18(15)23-13-14-7-8-14/h3-6,14,16-17H,7-13H2,1-2H3,(H2,20,21,22). The van der Waals surface area contributed by atoms with E-state index in [9.17, 15) is 0 Å². The van der Waals surface area contributed by atoms with Crippen LogP contribution in [0.3, 0.4) is 0 Å². The number of para-hydroxylation sites is 1. The lowest BCUT2D eigenvalue weighted by molar-refractivity contribution is 0.296. The van der Waals surface area contributed by atoms with Crippen molar-refractivity contribution in [1.82, 2.24) is 10.6 Å². The molecule has 4 nitrogen and oxygen atoms in total. The van der Waals surface area contributed by atoms with Gasteiger partial charge in [-0.3, -0.25) is 4.99 Å². The fourth-order valence-electron chi connectivity index (χ4n) is 3.14. The third kappa shape index (κ3) is 5.07. The maximum absolute atomic E-state index is 5.99. The summed E-state index contributed by atoms with van der Waals surface area (Å²) in [5, 5.41) is 7.79. The average Bonchev–Trinajstić information content (AvgIpc) is 3.34. The van der Waals surface area contributed by atoms with Crippen LogP contribution in [0.25, 0.3) is 0 Å². The van der Waals surface area contributed by atoms with Gasteiger partial charge in [-0.05, 0) is 50.3 Å². The second-order valence-electron chi connectivity index (χ2n) is 6.80. The SMILES string of the molecule is CN=C(NCc1ccccc1OCC1CC1)NC1CCC(SC)C1. The molecule has 132 valence electrons. The summed E-state index contributed by atoms with van der Waals surface area (Å²) in [4.78, 5) is 4.38. The molecule has 1 aromatic rings. The van der Waals surface area contributed by atoms with Crippen LogP contribution in [0.15, 0.2) is 29.3 Å². The number of hydrogen-bond acceptors (Lipinski definition) is 3. The van der Waals surface area contributed by atoms with Gasteiger partial charge in [0, 0.05) is 30.4 Å². The van der Waals surface area contributed by atoms with Gasteiger partial charge in [-0.15, -0.1) is 0 Å². The molecule has 0 aromatic heterocycles. The molecule has 2 unspecified atom stereocenters. The quantitative estimate of drug-likeness (QED) is 0.586. The molecule has 2 aliphatic carbocycles. The fraction of sp³-hybridized carbons (Fsp3) is 0.632.